The van der Waals surface area contributed by atoms with E-state index in [9.17, 15) is 14.0 Å². The number of nitrogens with zero attached hydrogens (tertiary/aromatic N) is 1. The van der Waals surface area contributed by atoms with Crippen LogP contribution in [0, 0.1) is 12.7 Å². The molecule has 5 rings (SSSR count). The highest BCUT2D eigenvalue weighted by atomic mass is 19.1. The van der Waals surface area contributed by atoms with E-state index in [2.05, 4.69) is 5.32 Å². The van der Waals surface area contributed by atoms with Gasteiger partial charge < -0.3 is 15.0 Å². The van der Waals surface area contributed by atoms with Gasteiger partial charge in [0.1, 0.15) is 11.6 Å². The zero-order valence-electron chi connectivity index (χ0n) is 20.7. The van der Waals surface area contributed by atoms with Gasteiger partial charge in [-0.2, -0.15) is 0 Å². The van der Waals surface area contributed by atoms with Crippen molar-refractivity contribution < 1.29 is 18.7 Å². The number of halogens is 1. The summed E-state index contributed by atoms with van der Waals surface area (Å²) >= 11 is 0. The van der Waals surface area contributed by atoms with Crippen molar-refractivity contribution in [2.75, 3.05) is 12.4 Å². The largest absolute Gasteiger partial charge is 0.497 e. The van der Waals surface area contributed by atoms with Crippen LogP contribution in [0.1, 0.15) is 71.1 Å². The molecule has 0 saturated heterocycles. The number of hydrogen-bond acceptors (Lipinski definition) is 3. The molecule has 2 atom stereocenters. The average molecular weight is 487 g/mol. The highest BCUT2D eigenvalue weighted by molar-refractivity contribution is 6.04. The van der Waals surface area contributed by atoms with Gasteiger partial charge >= 0.3 is 0 Å². The van der Waals surface area contributed by atoms with Gasteiger partial charge in [-0.3, -0.25) is 9.59 Å². The standard InChI is InChI=1S/C30H31FN2O3/c1-19-12-15-21(18-26(19)31)32-29(34)27-24-10-6-7-11-25(24)30(35)33(22-8-4-3-5-9-22)28(27)20-13-16-23(36-2)17-14-20/h6-7,10-18,22,27-28H,3-5,8-9H2,1-2H3,(H,32,34)/t27-,28-/m1/s1. The Labute approximate surface area is 211 Å². The molecule has 2 amide bonds. The van der Waals surface area contributed by atoms with Gasteiger partial charge in [0.15, 0.2) is 0 Å². The maximum Gasteiger partial charge on any atom is 0.254 e. The smallest absolute Gasteiger partial charge is 0.254 e. The minimum Gasteiger partial charge on any atom is -0.497 e. The van der Waals surface area contributed by atoms with E-state index in [-0.39, 0.29) is 23.7 Å². The summed E-state index contributed by atoms with van der Waals surface area (Å²) in [6.07, 6.45) is 5.11. The maximum atomic E-state index is 14.3. The van der Waals surface area contributed by atoms with Crippen LogP contribution in [-0.4, -0.2) is 29.9 Å². The molecule has 0 spiro atoms. The van der Waals surface area contributed by atoms with E-state index < -0.39 is 12.0 Å². The van der Waals surface area contributed by atoms with Gasteiger partial charge in [-0.1, -0.05) is 55.7 Å². The molecule has 3 aromatic carbocycles. The Kier molecular flexibility index (Phi) is 6.77. The molecule has 36 heavy (non-hydrogen) atoms. The average Bonchev–Trinajstić information content (AvgIpc) is 2.91. The monoisotopic (exact) mass is 486 g/mol. The SMILES string of the molecule is COc1ccc([C@@H]2[C@H](C(=O)Nc3ccc(C)c(F)c3)c3ccccc3C(=O)N2C2CCCCC2)cc1. The molecule has 0 unspecified atom stereocenters. The van der Waals surface area contributed by atoms with Crippen LogP contribution in [0.2, 0.25) is 0 Å². The van der Waals surface area contributed by atoms with Crippen LogP contribution in [0.4, 0.5) is 10.1 Å². The highest BCUT2D eigenvalue weighted by Crippen LogP contribution is 2.46. The van der Waals surface area contributed by atoms with Crippen molar-refractivity contribution in [1.82, 2.24) is 4.90 Å². The first-order valence-corrected chi connectivity index (χ1v) is 12.6. The lowest BCUT2D eigenvalue weighted by molar-refractivity contribution is -0.119. The van der Waals surface area contributed by atoms with Gasteiger partial charge in [-0.25, -0.2) is 4.39 Å². The normalized spacial score (nSPS) is 20.1. The molecule has 6 heteroatoms. The van der Waals surface area contributed by atoms with Gasteiger partial charge in [0.2, 0.25) is 5.91 Å². The van der Waals surface area contributed by atoms with Crippen LogP contribution in [-0.2, 0) is 4.79 Å². The molecule has 1 N–H and O–H groups in total. The second-order valence-corrected chi connectivity index (χ2v) is 9.74. The van der Waals surface area contributed by atoms with E-state index in [4.69, 9.17) is 4.74 Å². The number of fused-ring (bicyclic) bond motifs is 1. The van der Waals surface area contributed by atoms with E-state index in [1.807, 2.05) is 53.4 Å². The van der Waals surface area contributed by atoms with Gasteiger partial charge in [-0.15, -0.1) is 0 Å². The molecule has 1 saturated carbocycles. The van der Waals surface area contributed by atoms with E-state index in [0.717, 1.165) is 37.7 Å². The number of nitrogens with one attached hydrogen (secondary N) is 1. The number of benzene rings is 3. The Balaban J connectivity index is 1.63. The number of rotatable bonds is 5. The van der Waals surface area contributed by atoms with E-state index in [1.54, 1.807) is 26.2 Å². The van der Waals surface area contributed by atoms with Crippen LogP contribution in [0.3, 0.4) is 0 Å². The summed E-state index contributed by atoms with van der Waals surface area (Å²) < 4.78 is 19.6. The second kappa shape index (κ2) is 10.1. The predicted octanol–water partition coefficient (Wildman–Crippen LogP) is 6.39. The van der Waals surface area contributed by atoms with Crippen LogP contribution in [0.25, 0.3) is 0 Å². The van der Waals surface area contributed by atoms with Crippen molar-refractivity contribution in [3.63, 3.8) is 0 Å². The first-order chi connectivity index (χ1) is 17.5. The van der Waals surface area contributed by atoms with Gasteiger partial charge in [0, 0.05) is 17.3 Å². The number of amides is 2. The van der Waals surface area contributed by atoms with Crippen LogP contribution >= 0.6 is 0 Å². The van der Waals surface area contributed by atoms with E-state index in [0.29, 0.717) is 28.1 Å². The number of anilines is 1. The fourth-order valence-electron chi connectivity index (χ4n) is 5.64. The molecule has 0 radical (unpaired) electrons. The number of ether oxygens (including phenoxy) is 1. The first kappa shape index (κ1) is 24.0. The molecule has 1 fully saturated rings. The lowest BCUT2D eigenvalue weighted by Crippen LogP contribution is -2.51. The number of carbonyl (C=O) groups is 2. The number of aryl methyl sites for hydroxylation is 1. The number of methoxy groups -OCH3 is 1. The van der Waals surface area contributed by atoms with Crippen molar-refractivity contribution in [3.8, 4) is 5.75 Å². The van der Waals surface area contributed by atoms with Crippen LogP contribution < -0.4 is 10.1 Å². The van der Waals surface area contributed by atoms with Crippen molar-refractivity contribution >= 4 is 17.5 Å². The molecular formula is C30H31FN2O3. The molecule has 5 nitrogen and oxygen atoms in total. The van der Waals surface area contributed by atoms with Crippen molar-refractivity contribution in [2.45, 2.75) is 57.0 Å². The molecule has 2 aliphatic rings. The Morgan fingerprint density at radius 3 is 2.42 bits per heavy atom. The maximum absolute atomic E-state index is 14.3. The van der Waals surface area contributed by atoms with Crippen molar-refractivity contribution in [3.05, 3.63) is 94.8 Å². The molecule has 3 aromatic rings. The lowest BCUT2D eigenvalue weighted by Gasteiger charge is -2.46. The van der Waals surface area contributed by atoms with E-state index in [1.165, 1.54) is 6.07 Å². The summed E-state index contributed by atoms with van der Waals surface area (Å²) in [5, 5.41) is 2.94. The lowest BCUT2D eigenvalue weighted by atomic mass is 9.77. The Morgan fingerprint density at radius 1 is 1.00 bits per heavy atom. The highest BCUT2D eigenvalue weighted by Gasteiger charge is 2.46. The van der Waals surface area contributed by atoms with Crippen LogP contribution in [0.5, 0.6) is 5.75 Å². The molecule has 1 aliphatic carbocycles. The quantitative estimate of drug-likeness (QED) is 0.454. The topological polar surface area (TPSA) is 58.6 Å². The third kappa shape index (κ3) is 4.48. The molecule has 186 valence electrons. The summed E-state index contributed by atoms with van der Waals surface area (Å²) in [5.74, 6) is -0.619. The summed E-state index contributed by atoms with van der Waals surface area (Å²) in [5.41, 5.74) is 3.04. The Hall–Kier alpha value is -3.67. The number of carbonyl (C=O) groups excluding carboxylic acids is 2. The summed E-state index contributed by atoms with van der Waals surface area (Å²) in [4.78, 5) is 29.9. The van der Waals surface area contributed by atoms with Gasteiger partial charge in [-0.05, 0) is 66.8 Å². The summed E-state index contributed by atoms with van der Waals surface area (Å²) in [6.45, 7) is 1.69. The zero-order valence-corrected chi connectivity index (χ0v) is 20.7. The first-order valence-electron chi connectivity index (χ1n) is 12.6. The molecule has 0 aromatic heterocycles. The minimum absolute atomic E-state index is 0.0382. The second-order valence-electron chi connectivity index (χ2n) is 9.74. The van der Waals surface area contributed by atoms with Gasteiger partial charge in [0.25, 0.3) is 5.91 Å². The van der Waals surface area contributed by atoms with Crippen LogP contribution in [0.15, 0.2) is 66.7 Å². The third-order valence-corrected chi connectivity index (χ3v) is 7.52. The fraction of sp³-hybridized carbons (Fsp3) is 0.333. The molecule has 1 aliphatic heterocycles. The van der Waals surface area contributed by atoms with Crippen molar-refractivity contribution in [1.29, 1.82) is 0 Å². The molecule has 0 bridgehead atoms. The minimum atomic E-state index is -0.654. The Bertz CT molecular complexity index is 1270. The summed E-state index contributed by atoms with van der Waals surface area (Å²) in [7, 11) is 1.61. The summed E-state index contributed by atoms with van der Waals surface area (Å²) in [6, 6.07) is 19.2. The number of hydrogen-bond donors (Lipinski definition) is 1. The fourth-order valence-corrected chi connectivity index (χ4v) is 5.64. The zero-order chi connectivity index (χ0) is 25.2. The molecule has 1 heterocycles. The third-order valence-electron chi connectivity index (χ3n) is 7.52. The van der Waals surface area contributed by atoms with Crippen molar-refractivity contribution in [2.24, 2.45) is 0 Å². The Morgan fingerprint density at radius 2 is 1.72 bits per heavy atom. The van der Waals surface area contributed by atoms with Gasteiger partial charge in [0.05, 0.1) is 19.1 Å². The molecular weight excluding hydrogens is 455 g/mol. The predicted molar refractivity (Wildman–Crippen MR) is 138 cm³/mol. The van der Waals surface area contributed by atoms with E-state index >= 15 is 0 Å².